The van der Waals surface area contributed by atoms with E-state index in [-0.39, 0.29) is 16.9 Å². The van der Waals surface area contributed by atoms with E-state index in [1.54, 1.807) is 13.2 Å². The van der Waals surface area contributed by atoms with Gasteiger partial charge in [-0.2, -0.15) is 13.2 Å². The van der Waals surface area contributed by atoms with E-state index in [1.165, 1.54) is 29.5 Å². The van der Waals surface area contributed by atoms with E-state index >= 15 is 0 Å². The topological polar surface area (TPSA) is 29.5 Å². The van der Waals surface area contributed by atoms with Gasteiger partial charge >= 0.3 is 6.18 Å². The molecule has 0 aliphatic carbocycles. The molecule has 0 aliphatic rings. The number of methoxy groups -OCH3 is 1. The smallest absolute Gasteiger partial charge is 0.416 e. The van der Waals surface area contributed by atoms with Crippen LogP contribution in [0, 0.1) is 0 Å². The Bertz CT molecular complexity index is 985. The Kier molecular flexibility index (Phi) is 6.79. The van der Waals surface area contributed by atoms with Gasteiger partial charge in [-0.05, 0) is 54.3 Å². The fourth-order valence-electron chi connectivity index (χ4n) is 2.94. The van der Waals surface area contributed by atoms with Crippen LogP contribution < -0.4 is 0 Å². The van der Waals surface area contributed by atoms with Crippen LogP contribution in [-0.2, 0) is 17.3 Å². The molecule has 154 valence electrons. The number of aromatic hydroxyl groups is 1. The first kappa shape index (κ1) is 22.0. The molecular formula is C21H17Cl2F3O2S. The zero-order valence-corrected chi connectivity index (χ0v) is 17.6. The van der Waals surface area contributed by atoms with E-state index in [0.717, 1.165) is 33.0 Å². The van der Waals surface area contributed by atoms with Gasteiger partial charge < -0.3 is 9.84 Å². The van der Waals surface area contributed by atoms with E-state index in [1.807, 2.05) is 12.1 Å². The molecule has 1 atom stereocenters. The summed E-state index contributed by atoms with van der Waals surface area (Å²) < 4.78 is 43.8. The molecule has 1 aromatic heterocycles. The summed E-state index contributed by atoms with van der Waals surface area (Å²) in [7, 11) is 1.60. The average molecular weight is 461 g/mol. The van der Waals surface area contributed by atoms with E-state index < -0.39 is 11.7 Å². The number of benzene rings is 2. The maximum atomic E-state index is 12.7. The van der Waals surface area contributed by atoms with Gasteiger partial charge in [-0.1, -0.05) is 41.4 Å². The Balaban J connectivity index is 1.73. The number of ether oxygens (including phenoxy) is 1. The van der Waals surface area contributed by atoms with Gasteiger partial charge in [0.15, 0.2) is 0 Å². The molecule has 2 nitrogen and oxygen atoms in total. The number of aryl methyl sites for hydroxylation is 1. The van der Waals surface area contributed by atoms with Crippen molar-refractivity contribution in [2.75, 3.05) is 7.11 Å². The number of phenolic OH excluding ortho intramolecular Hbond substituents is 1. The lowest BCUT2D eigenvalue weighted by Crippen LogP contribution is -2.03. The minimum absolute atomic E-state index is 0.0665. The van der Waals surface area contributed by atoms with Gasteiger partial charge in [-0.25, -0.2) is 0 Å². The van der Waals surface area contributed by atoms with Gasteiger partial charge in [-0.15, -0.1) is 11.3 Å². The number of thiophene rings is 1. The lowest BCUT2D eigenvalue weighted by Gasteiger charge is -2.15. The van der Waals surface area contributed by atoms with Crippen molar-refractivity contribution in [2.45, 2.75) is 25.1 Å². The molecule has 0 amide bonds. The summed E-state index contributed by atoms with van der Waals surface area (Å²) >= 11 is 13.6. The normalized spacial score (nSPS) is 12.9. The van der Waals surface area contributed by atoms with Gasteiger partial charge in [0.25, 0.3) is 0 Å². The molecule has 0 fully saturated rings. The van der Waals surface area contributed by atoms with Gasteiger partial charge in [0.05, 0.1) is 16.7 Å². The monoisotopic (exact) mass is 460 g/mol. The van der Waals surface area contributed by atoms with E-state index in [0.29, 0.717) is 17.9 Å². The third-order valence-electron chi connectivity index (χ3n) is 4.54. The van der Waals surface area contributed by atoms with Crippen LogP contribution in [0.1, 0.15) is 28.5 Å². The summed E-state index contributed by atoms with van der Waals surface area (Å²) in [5.41, 5.74) is 0.853. The first-order valence-electron chi connectivity index (χ1n) is 8.66. The zero-order chi connectivity index (χ0) is 21.2. The standard InChI is InChI=1S/C21H17Cl2F3O2S/c1-28-16(9-5-13-4-8-15(27)20(23)19(13)22)18-11-10-17(29-18)12-2-6-14(7-3-12)21(24,25)26/h2-4,6-8,10-11,16,27H,5,9H2,1H3/t16-/m1/s1. The SMILES string of the molecule is CO[C@H](CCc1ccc(O)c(Cl)c1Cl)c1ccc(-c2ccc(C(F)(F)F)cc2)s1. The van der Waals surface area contributed by atoms with E-state index in [4.69, 9.17) is 27.9 Å². The molecule has 0 unspecified atom stereocenters. The second kappa shape index (κ2) is 8.96. The second-order valence-corrected chi connectivity index (χ2v) is 8.28. The van der Waals surface area contributed by atoms with Crippen LogP contribution in [0.5, 0.6) is 5.75 Å². The van der Waals surface area contributed by atoms with Crippen molar-refractivity contribution in [1.29, 1.82) is 0 Å². The third kappa shape index (κ3) is 5.07. The van der Waals surface area contributed by atoms with Crippen molar-refractivity contribution < 1.29 is 23.0 Å². The number of rotatable bonds is 6. The van der Waals surface area contributed by atoms with Crippen LogP contribution in [0.3, 0.4) is 0 Å². The molecular weight excluding hydrogens is 444 g/mol. The predicted octanol–water partition coefficient (Wildman–Crippen LogP) is 7.77. The van der Waals surface area contributed by atoms with Crippen LogP contribution >= 0.6 is 34.5 Å². The summed E-state index contributed by atoms with van der Waals surface area (Å²) in [6.45, 7) is 0. The quantitative estimate of drug-likeness (QED) is 0.407. The zero-order valence-electron chi connectivity index (χ0n) is 15.3. The van der Waals surface area contributed by atoms with Gasteiger partial charge in [0, 0.05) is 16.9 Å². The molecule has 1 heterocycles. The van der Waals surface area contributed by atoms with Crippen molar-refractivity contribution in [3.8, 4) is 16.2 Å². The molecule has 0 saturated heterocycles. The molecule has 0 saturated carbocycles. The average Bonchev–Trinajstić information content (AvgIpc) is 3.17. The number of hydrogen-bond donors (Lipinski definition) is 1. The highest BCUT2D eigenvalue weighted by molar-refractivity contribution is 7.15. The van der Waals surface area contributed by atoms with Crippen molar-refractivity contribution in [2.24, 2.45) is 0 Å². The van der Waals surface area contributed by atoms with E-state index in [2.05, 4.69) is 0 Å². The van der Waals surface area contributed by atoms with Crippen molar-refractivity contribution >= 4 is 34.5 Å². The molecule has 3 rings (SSSR count). The molecule has 29 heavy (non-hydrogen) atoms. The van der Waals surface area contributed by atoms with Crippen molar-refractivity contribution in [1.82, 2.24) is 0 Å². The largest absolute Gasteiger partial charge is 0.506 e. The van der Waals surface area contributed by atoms with Crippen LogP contribution in [0.2, 0.25) is 10.0 Å². The van der Waals surface area contributed by atoms with Crippen LogP contribution in [0.25, 0.3) is 10.4 Å². The van der Waals surface area contributed by atoms with Crippen molar-refractivity contribution in [3.05, 3.63) is 74.6 Å². The molecule has 3 aromatic rings. The Hall–Kier alpha value is -1.73. The summed E-state index contributed by atoms with van der Waals surface area (Å²) in [6.07, 6.45) is -3.33. The fourth-order valence-corrected chi connectivity index (χ4v) is 4.50. The number of halogens is 5. The number of hydrogen-bond acceptors (Lipinski definition) is 3. The van der Waals surface area contributed by atoms with Crippen LogP contribution in [0.15, 0.2) is 48.5 Å². The Morgan fingerprint density at radius 3 is 2.31 bits per heavy atom. The Labute approximate surface area is 180 Å². The summed E-state index contributed by atoms with van der Waals surface area (Å²) in [5.74, 6) is -0.0665. The molecule has 2 aromatic carbocycles. The summed E-state index contributed by atoms with van der Waals surface area (Å²) in [5, 5.41) is 10.0. The first-order chi connectivity index (χ1) is 13.7. The summed E-state index contributed by atoms with van der Waals surface area (Å²) in [4.78, 5) is 1.82. The fraction of sp³-hybridized carbons (Fsp3) is 0.238. The maximum absolute atomic E-state index is 12.7. The third-order valence-corrected chi connectivity index (χ3v) is 6.68. The van der Waals surface area contributed by atoms with Crippen LogP contribution in [-0.4, -0.2) is 12.2 Å². The maximum Gasteiger partial charge on any atom is 0.416 e. The lowest BCUT2D eigenvalue weighted by molar-refractivity contribution is -0.137. The number of alkyl halides is 3. The first-order valence-corrected chi connectivity index (χ1v) is 10.2. The second-order valence-electron chi connectivity index (χ2n) is 6.41. The van der Waals surface area contributed by atoms with E-state index in [9.17, 15) is 18.3 Å². The molecule has 8 heteroatoms. The lowest BCUT2D eigenvalue weighted by atomic mass is 10.1. The highest BCUT2D eigenvalue weighted by Gasteiger charge is 2.30. The Morgan fingerprint density at radius 2 is 1.69 bits per heavy atom. The Morgan fingerprint density at radius 1 is 1.00 bits per heavy atom. The van der Waals surface area contributed by atoms with Crippen molar-refractivity contribution in [3.63, 3.8) is 0 Å². The molecule has 0 bridgehead atoms. The summed E-state index contributed by atoms with van der Waals surface area (Å²) in [6, 6.07) is 12.1. The highest BCUT2D eigenvalue weighted by Crippen LogP contribution is 2.38. The minimum atomic E-state index is -4.35. The molecule has 1 N–H and O–H groups in total. The number of phenols is 1. The molecule has 0 radical (unpaired) electrons. The van der Waals surface area contributed by atoms with Crippen LogP contribution in [0.4, 0.5) is 13.2 Å². The highest BCUT2D eigenvalue weighted by atomic mass is 35.5. The molecule has 0 spiro atoms. The minimum Gasteiger partial charge on any atom is -0.506 e. The predicted molar refractivity (Wildman–Crippen MR) is 111 cm³/mol. The van der Waals surface area contributed by atoms with Gasteiger partial charge in [0.1, 0.15) is 10.8 Å². The molecule has 0 aliphatic heterocycles. The van der Waals surface area contributed by atoms with Gasteiger partial charge in [0.2, 0.25) is 0 Å². The van der Waals surface area contributed by atoms with Gasteiger partial charge in [-0.3, -0.25) is 0 Å².